The largest absolute Gasteiger partial charge is 0.492 e. The van der Waals surface area contributed by atoms with Crippen molar-refractivity contribution in [3.63, 3.8) is 0 Å². The van der Waals surface area contributed by atoms with Gasteiger partial charge in [-0.2, -0.15) is 0 Å². The summed E-state index contributed by atoms with van der Waals surface area (Å²) in [5, 5.41) is 3.06. The Morgan fingerprint density at radius 3 is 3.29 bits per heavy atom. The van der Waals surface area contributed by atoms with Gasteiger partial charge in [0.2, 0.25) is 0 Å². The average Bonchev–Trinajstić information content (AvgIpc) is 2.66. The standard InChI is InChI=1S/C11H10ClNO/c12-11-9-2-1-7-4-6-14-10(7)8(9)3-5-13-11/h1-3,5,11,13H,4,6H2. The number of nitrogens with one attached hydrogen (secondary N) is 1. The molecule has 0 aromatic heterocycles. The molecular weight excluding hydrogens is 198 g/mol. The lowest BCUT2D eigenvalue weighted by molar-refractivity contribution is 0.355. The molecule has 3 rings (SSSR count). The van der Waals surface area contributed by atoms with Gasteiger partial charge in [-0.1, -0.05) is 23.7 Å². The van der Waals surface area contributed by atoms with Crippen molar-refractivity contribution in [1.82, 2.24) is 5.32 Å². The van der Waals surface area contributed by atoms with Crippen molar-refractivity contribution >= 4 is 17.7 Å². The molecule has 1 aromatic rings. The Morgan fingerprint density at radius 1 is 1.43 bits per heavy atom. The summed E-state index contributed by atoms with van der Waals surface area (Å²) < 4.78 is 5.61. The van der Waals surface area contributed by atoms with E-state index in [1.807, 2.05) is 12.3 Å². The van der Waals surface area contributed by atoms with Crippen molar-refractivity contribution in [3.05, 3.63) is 35.0 Å². The fourth-order valence-corrected chi connectivity index (χ4v) is 2.25. The number of rotatable bonds is 0. The van der Waals surface area contributed by atoms with Gasteiger partial charge in [-0.15, -0.1) is 0 Å². The fraction of sp³-hybridized carbons (Fsp3) is 0.273. The predicted molar refractivity (Wildman–Crippen MR) is 56.4 cm³/mol. The molecule has 0 radical (unpaired) electrons. The van der Waals surface area contributed by atoms with E-state index in [0.29, 0.717) is 0 Å². The Labute approximate surface area is 87.5 Å². The number of alkyl halides is 1. The van der Waals surface area contributed by atoms with Gasteiger partial charge in [0.1, 0.15) is 11.3 Å². The lowest BCUT2D eigenvalue weighted by Crippen LogP contribution is -2.14. The molecular formula is C11H10ClNO. The number of benzene rings is 1. The number of hydrogen-bond acceptors (Lipinski definition) is 2. The van der Waals surface area contributed by atoms with Crippen molar-refractivity contribution in [2.45, 2.75) is 11.9 Å². The Kier molecular flexibility index (Phi) is 1.71. The Balaban J connectivity index is 2.23. The molecule has 0 saturated carbocycles. The molecule has 1 aromatic carbocycles. The minimum Gasteiger partial charge on any atom is -0.492 e. The van der Waals surface area contributed by atoms with Crippen molar-refractivity contribution in [2.75, 3.05) is 6.61 Å². The molecule has 14 heavy (non-hydrogen) atoms. The van der Waals surface area contributed by atoms with Crippen LogP contribution in [0, 0.1) is 0 Å². The van der Waals surface area contributed by atoms with Crippen LogP contribution in [0.2, 0.25) is 0 Å². The van der Waals surface area contributed by atoms with E-state index in [0.717, 1.165) is 29.9 Å². The van der Waals surface area contributed by atoms with Gasteiger partial charge in [-0.25, -0.2) is 0 Å². The molecule has 2 heterocycles. The second kappa shape index (κ2) is 2.92. The zero-order chi connectivity index (χ0) is 9.54. The van der Waals surface area contributed by atoms with Crippen LogP contribution in [0.15, 0.2) is 18.3 Å². The molecule has 2 nitrogen and oxygen atoms in total. The van der Waals surface area contributed by atoms with Crippen LogP contribution in [0.3, 0.4) is 0 Å². The van der Waals surface area contributed by atoms with Gasteiger partial charge < -0.3 is 10.1 Å². The zero-order valence-electron chi connectivity index (χ0n) is 7.59. The molecule has 0 amide bonds. The van der Waals surface area contributed by atoms with Gasteiger partial charge in [0.15, 0.2) is 0 Å². The molecule has 0 bridgehead atoms. The normalized spacial score (nSPS) is 22.2. The van der Waals surface area contributed by atoms with Crippen LogP contribution in [0.1, 0.15) is 22.2 Å². The van der Waals surface area contributed by atoms with E-state index in [4.69, 9.17) is 16.3 Å². The van der Waals surface area contributed by atoms with Crippen molar-refractivity contribution in [1.29, 1.82) is 0 Å². The first-order valence-corrected chi connectivity index (χ1v) is 5.15. The first-order valence-electron chi connectivity index (χ1n) is 4.71. The van der Waals surface area contributed by atoms with E-state index in [9.17, 15) is 0 Å². The van der Waals surface area contributed by atoms with Crippen LogP contribution in [0.25, 0.3) is 6.08 Å². The molecule has 0 spiro atoms. The predicted octanol–water partition coefficient (Wildman–Crippen LogP) is 2.43. The number of halogens is 1. The number of hydrogen-bond donors (Lipinski definition) is 1. The summed E-state index contributed by atoms with van der Waals surface area (Å²) in [5.74, 6) is 1.02. The smallest absolute Gasteiger partial charge is 0.130 e. The molecule has 2 aliphatic rings. The Hall–Kier alpha value is -1.15. The second-order valence-electron chi connectivity index (χ2n) is 3.52. The Morgan fingerprint density at radius 2 is 2.36 bits per heavy atom. The van der Waals surface area contributed by atoms with Crippen LogP contribution in [-0.4, -0.2) is 6.61 Å². The maximum absolute atomic E-state index is 6.13. The van der Waals surface area contributed by atoms with Crippen molar-refractivity contribution in [2.24, 2.45) is 0 Å². The summed E-state index contributed by atoms with van der Waals surface area (Å²) in [6, 6.07) is 4.19. The molecule has 1 unspecified atom stereocenters. The van der Waals surface area contributed by atoms with Gasteiger partial charge in [0, 0.05) is 17.5 Å². The van der Waals surface area contributed by atoms with Gasteiger partial charge in [0.25, 0.3) is 0 Å². The highest BCUT2D eigenvalue weighted by molar-refractivity contribution is 6.21. The lowest BCUT2D eigenvalue weighted by Gasteiger charge is -2.19. The summed E-state index contributed by atoms with van der Waals surface area (Å²) in [4.78, 5) is 0. The Bertz CT molecular complexity index is 414. The average molecular weight is 208 g/mol. The van der Waals surface area contributed by atoms with Gasteiger partial charge in [0.05, 0.1) is 6.61 Å². The maximum atomic E-state index is 6.13. The van der Waals surface area contributed by atoms with Crippen LogP contribution in [-0.2, 0) is 6.42 Å². The highest BCUT2D eigenvalue weighted by atomic mass is 35.5. The van der Waals surface area contributed by atoms with Gasteiger partial charge >= 0.3 is 0 Å². The third-order valence-electron chi connectivity index (χ3n) is 2.69. The summed E-state index contributed by atoms with van der Waals surface area (Å²) in [7, 11) is 0. The first-order chi connectivity index (χ1) is 6.86. The number of ether oxygens (including phenoxy) is 1. The third kappa shape index (κ3) is 1.04. The summed E-state index contributed by atoms with van der Waals surface area (Å²) in [5.41, 5.74) is 3.40. The molecule has 3 heteroatoms. The first kappa shape index (κ1) is 8.18. The number of fused-ring (bicyclic) bond motifs is 3. The van der Waals surface area contributed by atoms with Crippen molar-refractivity contribution < 1.29 is 4.74 Å². The van der Waals surface area contributed by atoms with E-state index < -0.39 is 0 Å². The van der Waals surface area contributed by atoms with Crippen LogP contribution in [0.4, 0.5) is 0 Å². The van der Waals surface area contributed by atoms with E-state index >= 15 is 0 Å². The third-order valence-corrected chi connectivity index (χ3v) is 3.06. The van der Waals surface area contributed by atoms with Crippen LogP contribution in [0.5, 0.6) is 5.75 Å². The highest BCUT2D eigenvalue weighted by Crippen LogP contribution is 2.38. The quantitative estimate of drug-likeness (QED) is 0.521. The second-order valence-corrected chi connectivity index (χ2v) is 3.95. The molecule has 1 atom stereocenters. The molecule has 0 saturated heterocycles. The topological polar surface area (TPSA) is 21.3 Å². The SMILES string of the molecule is ClC1NC=Cc2c1ccc1c2OCC1. The summed E-state index contributed by atoms with van der Waals surface area (Å²) in [6.07, 6.45) is 4.91. The lowest BCUT2D eigenvalue weighted by atomic mass is 10.00. The maximum Gasteiger partial charge on any atom is 0.130 e. The van der Waals surface area contributed by atoms with E-state index in [1.54, 1.807) is 0 Å². The molecule has 72 valence electrons. The van der Waals surface area contributed by atoms with E-state index in [-0.39, 0.29) is 5.50 Å². The summed E-state index contributed by atoms with van der Waals surface area (Å²) in [6.45, 7) is 0.792. The van der Waals surface area contributed by atoms with Gasteiger partial charge in [-0.3, -0.25) is 0 Å². The fourth-order valence-electron chi connectivity index (χ4n) is 1.99. The molecule has 1 N–H and O–H groups in total. The minimum absolute atomic E-state index is 0.135. The zero-order valence-corrected chi connectivity index (χ0v) is 8.34. The highest BCUT2D eigenvalue weighted by Gasteiger charge is 2.22. The van der Waals surface area contributed by atoms with Gasteiger partial charge in [-0.05, 0) is 17.8 Å². The van der Waals surface area contributed by atoms with E-state index in [1.165, 1.54) is 5.56 Å². The molecule has 0 aliphatic carbocycles. The summed E-state index contributed by atoms with van der Waals surface area (Å²) >= 11 is 6.13. The van der Waals surface area contributed by atoms with E-state index in [2.05, 4.69) is 17.4 Å². The van der Waals surface area contributed by atoms with Crippen LogP contribution < -0.4 is 10.1 Å². The minimum atomic E-state index is -0.135. The molecule has 2 aliphatic heterocycles. The van der Waals surface area contributed by atoms with Crippen molar-refractivity contribution in [3.8, 4) is 5.75 Å². The monoisotopic (exact) mass is 207 g/mol. The molecule has 0 fully saturated rings. The van der Waals surface area contributed by atoms with Crippen LogP contribution >= 0.6 is 11.6 Å².